The van der Waals surface area contributed by atoms with Crippen molar-refractivity contribution < 1.29 is 19.5 Å². The fraction of sp³-hybridized carbons (Fsp3) is 0.132. The lowest BCUT2D eigenvalue weighted by Crippen LogP contribution is -2.52. The van der Waals surface area contributed by atoms with Crippen LogP contribution in [0.25, 0.3) is 44.5 Å². The summed E-state index contributed by atoms with van der Waals surface area (Å²) in [5.41, 5.74) is 5.66. The molecule has 5 aromatic carbocycles. The Morgan fingerprint density at radius 1 is 0.512 bits per heavy atom. The van der Waals surface area contributed by atoms with E-state index in [2.05, 4.69) is 0 Å². The van der Waals surface area contributed by atoms with Crippen molar-refractivity contribution in [3.63, 3.8) is 0 Å². The van der Waals surface area contributed by atoms with E-state index in [0.29, 0.717) is 11.1 Å². The molecule has 0 radical (unpaired) electrons. The highest BCUT2D eigenvalue weighted by molar-refractivity contribution is 6.30. The quantitative estimate of drug-likeness (QED) is 0.210. The van der Waals surface area contributed by atoms with E-state index in [4.69, 9.17) is 0 Å². The van der Waals surface area contributed by atoms with Gasteiger partial charge in [0, 0.05) is 11.1 Å². The number of imide groups is 1. The minimum Gasteiger partial charge on any atom is -0.480 e. The fourth-order valence-electron chi connectivity index (χ4n) is 6.19. The maximum absolute atomic E-state index is 14.7. The van der Waals surface area contributed by atoms with Gasteiger partial charge >= 0.3 is 5.97 Å². The van der Waals surface area contributed by atoms with Gasteiger partial charge in [-0.1, -0.05) is 142 Å². The first-order valence-corrected chi connectivity index (χ1v) is 14.3. The van der Waals surface area contributed by atoms with Gasteiger partial charge in [0.1, 0.15) is 6.04 Å². The lowest BCUT2D eigenvalue weighted by Gasteiger charge is -2.33. The first-order chi connectivity index (χ1) is 20.7. The van der Waals surface area contributed by atoms with Crippen LogP contribution < -0.4 is 0 Å². The number of nitrogens with zero attached hydrogens (tertiary/aromatic N) is 1. The van der Waals surface area contributed by atoms with Crippen LogP contribution in [-0.4, -0.2) is 33.8 Å². The number of rotatable bonds is 6. The van der Waals surface area contributed by atoms with Gasteiger partial charge in [0.05, 0.1) is 11.1 Å². The molecule has 5 aromatic rings. The number of fused-ring (bicyclic) bond motifs is 1. The van der Waals surface area contributed by atoms with E-state index in [1.165, 1.54) is 0 Å². The number of amides is 2. The van der Waals surface area contributed by atoms with Gasteiger partial charge in [-0.15, -0.1) is 0 Å². The standard InChI is InChI=1S/C38H31NO4/c1-38(2,3)34(37(42)43)39-35(40)32-30(26-20-12-6-13-21-26)28(24-16-8-4-9-17-24)29(25-18-10-5-11-19-25)31(33(32)36(39)41)27-22-14-7-15-23-27/h4-23,34H,1-3H3,(H,42,43). The molecule has 43 heavy (non-hydrogen) atoms. The summed E-state index contributed by atoms with van der Waals surface area (Å²) in [6, 6.07) is 37.5. The number of hydrogen-bond donors (Lipinski definition) is 1. The molecule has 6 rings (SSSR count). The Bertz CT molecular complexity index is 1720. The highest BCUT2D eigenvalue weighted by atomic mass is 16.4. The van der Waals surface area contributed by atoms with Crippen molar-refractivity contribution in [1.29, 1.82) is 0 Å². The number of carboxylic acids is 1. The molecule has 1 aliphatic rings. The van der Waals surface area contributed by atoms with Crippen molar-refractivity contribution in [1.82, 2.24) is 4.90 Å². The lowest BCUT2D eigenvalue weighted by atomic mass is 9.78. The maximum Gasteiger partial charge on any atom is 0.327 e. The Kier molecular flexibility index (Phi) is 7.02. The summed E-state index contributed by atoms with van der Waals surface area (Å²) in [7, 11) is 0. The lowest BCUT2D eigenvalue weighted by molar-refractivity contribution is -0.145. The molecule has 1 unspecified atom stereocenters. The van der Waals surface area contributed by atoms with Gasteiger partial charge in [-0.2, -0.15) is 0 Å². The third-order valence-electron chi connectivity index (χ3n) is 7.93. The predicted octanol–water partition coefficient (Wildman–Crippen LogP) is 8.45. The second kappa shape index (κ2) is 10.8. The maximum atomic E-state index is 14.7. The summed E-state index contributed by atoms with van der Waals surface area (Å²) >= 11 is 0. The van der Waals surface area contributed by atoms with Gasteiger partial charge in [-0.3, -0.25) is 14.5 Å². The van der Waals surface area contributed by atoms with E-state index < -0.39 is 29.2 Å². The zero-order valence-electron chi connectivity index (χ0n) is 24.2. The Morgan fingerprint density at radius 3 is 1.00 bits per heavy atom. The number of aliphatic carboxylic acids is 1. The topological polar surface area (TPSA) is 74.7 Å². The zero-order valence-corrected chi connectivity index (χ0v) is 24.2. The van der Waals surface area contributed by atoms with Crippen LogP contribution in [0.4, 0.5) is 0 Å². The van der Waals surface area contributed by atoms with Crippen molar-refractivity contribution in [2.45, 2.75) is 26.8 Å². The van der Waals surface area contributed by atoms with Crippen LogP contribution in [0.2, 0.25) is 0 Å². The summed E-state index contributed by atoms with van der Waals surface area (Å²) in [6.45, 7) is 5.20. The molecule has 1 aliphatic heterocycles. The zero-order chi connectivity index (χ0) is 30.3. The Hall–Kier alpha value is -5.29. The number of hydrogen-bond acceptors (Lipinski definition) is 3. The molecule has 1 heterocycles. The van der Waals surface area contributed by atoms with Gasteiger partial charge in [0.15, 0.2) is 0 Å². The molecular weight excluding hydrogens is 534 g/mol. The second-order valence-electron chi connectivity index (χ2n) is 11.8. The van der Waals surface area contributed by atoms with Gasteiger partial charge in [-0.05, 0) is 38.8 Å². The SMILES string of the molecule is CC(C)(C)C(C(=O)O)N1C(=O)c2c(c(-c3ccccc3)c(-c3ccccc3)c(-c3ccccc3)c2-c2ccccc2)C1=O. The second-order valence-corrected chi connectivity index (χ2v) is 11.8. The molecule has 0 spiro atoms. The van der Waals surface area contributed by atoms with E-state index in [0.717, 1.165) is 38.3 Å². The summed E-state index contributed by atoms with van der Waals surface area (Å²) in [6.07, 6.45) is 0. The van der Waals surface area contributed by atoms with E-state index in [9.17, 15) is 19.5 Å². The fourth-order valence-corrected chi connectivity index (χ4v) is 6.19. The van der Waals surface area contributed by atoms with Gasteiger partial charge in [0.2, 0.25) is 0 Å². The normalized spacial score (nSPS) is 13.6. The molecular formula is C38H31NO4. The molecule has 0 fully saturated rings. The number of carboxylic acid groups (broad SMARTS) is 1. The van der Waals surface area contributed by atoms with Crippen LogP contribution in [0.15, 0.2) is 121 Å². The predicted molar refractivity (Wildman–Crippen MR) is 170 cm³/mol. The first-order valence-electron chi connectivity index (χ1n) is 14.3. The van der Waals surface area contributed by atoms with Crippen molar-refractivity contribution >= 4 is 17.8 Å². The Labute approximate surface area is 251 Å². The van der Waals surface area contributed by atoms with Crippen LogP contribution in [0.1, 0.15) is 41.5 Å². The number of benzene rings is 5. The molecule has 1 atom stereocenters. The van der Waals surface area contributed by atoms with Crippen LogP contribution in [0, 0.1) is 5.41 Å². The highest BCUT2D eigenvalue weighted by Gasteiger charge is 2.51. The van der Waals surface area contributed by atoms with Crippen LogP contribution in [-0.2, 0) is 4.79 Å². The Balaban J connectivity index is 1.86. The highest BCUT2D eigenvalue weighted by Crippen LogP contribution is 2.52. The Morgan fingerprint density at radius 2 is 0.767 bits per heavy atom. The minimum atomic E-state index is -1.37. The summed E-state index contributed by atoms with van der Waals surface area (Å²) < 4.78 is 0. The van der Waals surface area contributed by atoms with E-state index >= 15 is 0 Å². The van der Waals surface area contributed by atoms with E-state index in [-0.39, 0.29) is 11.1 Å². The molecule has 0 saturated carbocycles. The van der Waals surface area contributed by atoms with Gasteiger partial charge < -0.3 is 5.11 Å². The molecule has 0 aromatic heterocycles. The largest absolute Gasteiger partial charge is 0.480 e. The molecule has 212 valence electrons. The van der Waals surface area contributed by atoms with Crippen molar-refractivity contribution in [3.05, 3.63) is 132 Å². The molecule has 0 bridgehead atoms. The molecule has 0 saturated heterocycles. The van der Waals surface area contributed by atoms with Gasteiger partial charge in [0.25, 0.3) is 11.8 Å². The monoisotopic (exact) mass is 565 g/mol. The average molecular weight is 566 g/mol. The molecule has 1 N–H and O–H groups in total. The summed E-state index contributed by atoms with van der Waals surface area (Å²) in [4.78, 5) is 43.0. The van der Waals surface area contributed by atoms with E-state index in [1.54, 1.807) is 20.8 Å². The van der Waals surface area contributed by atoms with Crippen LogP contribution in [0.5, 0.6) is 0 Å². The van der Waals surface area contributed by atoms with Crippen molar-refractivity contribution in [2.24, 2.45) is 5.41 Å². The van der Waals surface area contributed by atoms with Crippen LogP contribution >= 0.6 is 0 Å². The minimum absolute atomic E-state index is 0.226. The summed E-state index contributed by atoms with van der Waals surface area (Å²) in [5.74, 6) is -2.43. The third-order valence-corrected chi connectivity index (χ3v) is 7.93. The van der Waals surface area contributed by atoms with Crippen molar-refractivity contribution in [2.75, 3.05) is 0 Å². The summed E-state index contributed by atoms with van der Waals surface area (Å²) in [5, 5.41) is 10.4. The molecule has 0 aliphatic carbocycles. The van der Waals surface area contributed by atoms with Crippen LogP contribution in [0.3, 0.4) is 0 Å². The molecule has 2 amide bonds. The van der Waals surface area contributed by atoms with Gasteiger partial charge in [-0.25, -0.2) is 4.79 Å². The number of carbonyl (C=O) groups excluding carboxylic acids is 2. The smallest absolute Gasteiger partial charge is 0.327 e. The van der Waals surface area contributed by atoms with E-state index in [1.807, 2.05) is 121 Å². The molecule has 5 heteroatoms. The van der Waals surface area contributed by atoms with Crippen molar-refractivity contribution in [3.8, 4) is 44.5 Å². The molecule has 5 nitrogen and oxygen atoms in total. The first kappa shape index (κ1) is 27.9. The number of carbonyl (C=O) groups is 3. The average Bonchev–Trinajstić information content (AvgIpc) is 3.26. The third kappa shape index (κ3) is 4.73.